The van der Waals surface area contributed by atoms with Crippen molar-refractivity contribution in [3.8, 4) is 0 Å². The Morgan fingerprint density at radius 2 is 2.13 bits per heavy atom. The molecule has 1 heterocycles. The molecule has 1 rings (SSSR count). The number of hydrogen-bond donors (Lipinski definition) is 0. The summed E-state index contributed by atoms with van der Waals surface area (Å²) in [5, 5.41) is 0.852. The van der Waals surface area contributed by atoms with Crippen LogP contribution in [0.15, 0.2) is 0 Å². The van der Waals surface area contributed by atoms with E-state index in [-0.39, 0.29) is 17.5 Å². The van der Waals surface area contributed by atoms with Gasteiger partial charge in [-0.2, -0.15) is 13.2 Å². The molecule has 6 heteroatoms. The minimum atomic E-state index is -4.09. The van der Waals surface area contributed by atoms with Crippen LogP contribution in [0.3, 0.4) is 0 Å². The lowest BCUT2D eigenvalue weighted by Crippen LogP contribution is -2.35. The van der Waals surface area contributed by atoms with E-state index in [0.717, 1.165) is 18.3 Å². The van der Waals surface area contributed by atoms with Gasteiger partial charge in [-0.05, 0) is 30.6 Å². The van der Waals surface area contributed by atoms with Crippen LogP contribution in [0.25, 0.3) is 0 Å². The molecule has 1 aliphatic heterocycles. The normalized spacial score (nSPS) is 28.6. The van der Waals surface area contributed by atoms with E-state index >= 15 is 0 Å². The van der Waals surface area contributed by atoms with Gasteiger partial charge in [-0.25, -0.2) is 0 Å². The van der Waals surface area contributed by atoms with E-state index in [0.29, 0.717) is 18.5 Å². The molecular formula is C9H15BrF3NS. The van der Waals surface area contributed by atoms with E-state index in [1.54, 1.807) is 0 Å². The Balaban J connectivity index is 2.27. The van der Waals surface area contributed by atoms with E-state index in [2.05, 4.69) is 27.8 Å². The van der Waals surface area contributed by atoms with Crippen LogP contribution in [0.4, 0.5) is 13.2 Å². The van der Waals surface area contributed by atoms with Crippen LogP contribution in [0.1, 0.15) is 13.3 Å². The van der Waals surface area contributed by atoms with E-state index in [9.17, 15) is 13.2 Å². The maximum Gasteiger partial charge on any atom is 0.441 e. The lowest BCUT2D eigenvalue weighted by Gasteiger charge is -2.24. The molecule has 0 aromatic carbocycles. The number of likely N-dealkylation sites (tertiary alicyclic amines) is 1. The standard InChI is InChI=1S/C9H15BrF3NS/c1-7-2-3-14(8(7)6-10)4-5-15-9(11,12)13/h7-8H,2-6H2,1H3. The second kappa shape index (κ2) is 5.77. The van der Waals surface area contributed by atoms with Crippen molar-refractivity contribution in [3.63, 3.8) is 0 Å². The first kappa shape index (κ1) is 13.6. The Hall–Kier alpha value is 0.580. The molecule has 0 radical (unpaired) electrons. The molecule has 0 aromatic rings. The van der Waals surface area contributed by atoms with Gasteiger partial charge in [-0.1, -0.05) is 22.9 Å². The summed E-state index contributed by atoms with van der Waals surface area (Å²) in [5.74, 6) is 0.722. The van der Waals surface area contributed by atoms with E-state index in [1.807, 2.05) is 0 Å². The van der Waals surface area contributed by atoms with Crippen LogP contribution in [0.5, 0.6) is 0 Å². The van der Waals surface area contributed by atoms with Crippen molar-refractivity contribution >= 4 is 27.7 Å². The number of alkyl halides is 4. The molecule has 0 spiro atoms. The lowest BCUT2D eigenvalue weighted by molar-refractivity contribution is -0.0328. The number of rotatable bonds is 4. The van der Waals surface area contributed by atoms with Gasteiger partial charge < -0.3 is 0 Å². The van der Waals surface area contributed by atoms with Gasteiger partial charge in [0.15, 0.2) is 0 Å². The lowest BCUT2D eigenvalue weighted by atomic mass is 10.1. The highest BCUT2D eigenvalue weighted by atomic mass is 79.9. The molecule has 1 aliphatic rings. The fourth-order valence-corrected chi connectivity index (χ4v) is 3.50. The smallest absolute Gasteiger partial charge is 0.298 e. The zero-order valence-electron chi connectivity index (χ0n) is 8.56. The van der Waals surface area contributed by atoms with Crippen molar-refractivity contribution in [1.82, 2.24) is 4.90 Å². The van der Waals surface area contributed by atoms with Gasteiger partial charge in [0.1, 0.15) is 0 Å². The number of halogens is 4. The number of nitrogens with zero attached hydrogens (tertiary/aromatic N) is 1. The Labute approximate surface area is 101 Å². The van der Waals surface area contributed by atoms with Gasteiger partial charge in [-0.15, -0.1) is 0 Å². The Morgan fingerprint density at radius 1 is 1.47 bits per heavy atom. The first-order valence-electron chi connectivity index (χ1n) is 4.94. The average Bonchev–Trinajstić information content (AvgIpc) is 2.44. The highest BCUT2D eigenvalue weighted by Crippen LogP contribution is 2.31. The second-order valence-electron chi connectivity index (χ2n) is 3.82. The van der Waals surface area contributed by atoms with E-state index < -0.39 is 5.51 Å². The highest BCUT2D eigenvalue weighted by molar-refractivity contribution is 9.09. The van der Waals surface area contributed by atoms with Crippen molar-refractivity contribution < 1.29 is 13.2 Å². The summed E-state index contributed by atoms with van der Waals surface area (Å²) in [5.41, 5.74) is -4.09. The first-order chi connectivity index (χ1) is 6.94. The predicted molar refractivity (Wildman–Crippen MR) is 61.4 cm³/mol. The maximum absolute atomic E-state index is 11.9. The molecule has 0 aromatic heterocycles. The summed E-state index contributed by atoms with van der Waals surface area (Å²) in [6.07, 6.45) is 1.09. The third kappa shape index (κ3) is 4.53. The van der Waals surface area contributed by atoms with Gasteiger partial charge >= 0.3 is 5.51 Å². The summed E-state index contributed by atoms with van der Waals surface area (Å²) in [7, 11) is 0. The molecule has 1 nitrogen and oxygen atoms in total. The molecule has 0 bridgehead atoms. The number of thioether (sulfide) groups is 1. The van der Waals surface area contributed by atoms with Gasteiger partial charge in [0.25, 0.3) is 0 Å². The molecule has 0 N–H and O–H groups in total. The minimum Gasteiger partial charge on any atom is -0.298 e. The molecule has 0 aliphatic carbocycles. The van der Waals surface area contributed by atoms with Gasteiger partial charge in [0.2, 0.25) is 0 Å². The molecule has 15 heavy (non-hydrogen) atoms. The summed E-state index contributed by atoms with van der Waals surface area (Å²) in [4.78, 5) is 2.15. The Bertz CT molecular complexity index is 200. The van der Waals surface area contributed by atoms with Crippen LogP contribution in [0.2, 0.25) is 0 Å². The van der Waals surface area contributed by atoms with Crippen molar-refractivity contribution in [2.45, 2.75) is 24.9 Å². The average molecular weight is 306 g/mol. The first-order valence-corrected chi connectivity index (χ1v) is 7.05. The molecular weight excluding hydrogens is 291 g/mol. The minimum absolute atomic E-state index is 0.0772. The Kier molecular flexibility index (Phi) is 5.25. The predicted octanol–water partition coefficient (Wildman–Crippen LogP) is 3.34. The van der Waals surface area contributed by atoms with Crippen LogP contribution in [-0.4, -0.2) is 40.6 Å². The zero-order valence-corrected chi connectivity index (χ0v) is 11.0. The fourth-order valence-electron chi connectivity index (χ4n) is 1.89. The van der Waals surface area contributed by atoms with Gasteiger partial charge in [-0.3, -0.25) is 4.90 Å². The fraction of sp³-hybridized carbons (Fsp3) is 1.00. The van der Waals surface area contributed by atoms with Crippen LogP contribution >= 0.6 is 27.7 Å². The van der Waals surface area contributed by atoms with Gasteiger partial charge in [0, 0.05) is 23.7 Å². The summed E-state index contributed by atoms with van der Waals surface area (Å²) in [6.45, 7) is 3.61. The largest absolute Gasteiger partial charge is 0.441 e. The quantitative estimate of drug-likeness (QED) is 0.733. The third-order valence-corrected chi connectivity index (χ3v) is 4.18. The number of hydrogen-bond acceptors (Lipinski definition) is 2. The molecule has 90 valence electrons. The summed E-state index contributed by atoms with van der Waals surface area (Å²) < 4.78 is 35.8. The van der Waals surface area contributed by atoms with Gasteiger partial charge in [0.05, 0.1) is 0 Å². The van der Waals surface area contributed by atoms with Crippen LogP contribution in [-0.2, 0) is 0 Å². The topological polar surface area (TPSA) is 3.24 Å². The molecule has 1 saturated heterocycles. The Morgan fingerprint density at radius 3 is 2.67 bits per heavy atom. The maximum atomic E-state index is 11.9. The van der Waals surface area contributed by atoms with Crippen molar-refractivity contribution in [1.29, 1.82) is 0 Å². The molecule has 1 fully saturated rings. The monoisotopic (exact) mass is 305 g/mol. The molecule has 0 saturated carbocycles. The van der Waals surface area contributed by atoms with Crippen molar-refractivity contribution in [2.24, 2.45) is 5.92 Å². The van der Waals surface area contributed by atoms with Crippen LogP contribution < -0.4 is 0 Å². The summed E-state index contributed by atoms with van der Waals surface area (Å²) in [6, 6.07) is 0.402. The van der Waals surface area contributed by atoms with E-state index in [1.165, 1.54) is 0 Å². The molecule has 2 unspecified atom stereocenters. The third-order valence-electron chi connectivity index (χ3n) is 2.80. The summed E-state index contributed by atoms with van der Waals surface area (Å²) >= 11 is 3.49. The highest BCUT2D eigenvalue weighted by Gasteiger charge is 2.32. The van der Waals surface area contributed by atoms with Crippen LogP contribution in [0, 0.1) is 5.92 Å². The second-order valence-corrected chi connectivity index (χ2v) is 5.63. The molecule has 0 amide bonds. The van der Waals surface area contributed by atoms with E-state index in [4.69, 9.17) is 0 Å². The van der Waals surface area contributed by atoms with Crippen molar-refractivity contribution in [2.75, 3.05) is 24.2 Å². The SMILES string of the molecule is CC1CCN(CCSC(F)(F)F)C1CBr. The molecule has 2 atom stereocenters. The van der Waals surface area contributed by atoms with Crippen molar-refractivity contribution in [3.05, 3.63) is 0 Å². The zero-order chi connectivity index (χ0) is 11.5.